The molecular weight excluding hydrogens is 204 g/mol. The van der Waals surface area contributed by atoms with E-state index in [1.54, 1.807) is 0 Å². The Balaban J connectivity index is 1.74. The molecule has 1 atom stereocenters. The minimum absolute atomic E-state index is 0.502. The van der Waals surface area contributed by atoms with E-state index in [1.165, 1.54) is 12.8 Å². The number of ether oxygens (including phenoxy) is 2. The first-order chi connectivity index (χ1) is 7.79. The molecule has 0 bridgehead atoms. The van der Waals surface area contributed by atoms with Crippen LogP contribution < -0.4 is 5.32 Å². The van der Waals surface area contributed by atoms with Crippen LogP contribution in [0.25, 0.3) is 0 Å². The zero-order chi connectivity index (χ0) is 11.6. The fraction of sp³-hybridized carbons (Fsp3) is 1.00. The zero-order valence-electron chi connectivity index (χ0n) is 10.7. The number of nitrogens with zero attached hydrogens (tertiary/aromatic N) is 1. The highest BCUT2D eigenvalue weighted by Gasteiger charge is 2.13. The third kappa shape index (κ3) is 7.17. The van der Waals surface area contributed by atoms with Crippen molar-refractivity contribution in [1.82, 2.24) is 10.2 Å². The van der Waals surface area contributed by atoms with Gasteiger partial charge < -0.3 is 19.7 Å². The zero-order valence-corrected chi connectivity index (χ0v) is 10.7. The molecule has 1 rings (SSSR count). The molecule has 1 N–H and O–H groups in total. The molecule has 1 aliphatic rings. The lowest BCUT2D eigenvalue weighted by Crippen LogP contribution is -2.25. The Morgan fingerprint density at radius 3 is 2.88 bits per heavy atom. The van der Waals surface area contributed by atoms with Crippen molar-refractivity contribution >= 4 is 0 Å². The van der Waals surface area contributed by atoms with Gasteiger partial charge in [0, 0.05) is 19.7 Å². The Kier molecular flexibility index (Phi) is 7.76. The first-order valence-electron chi connectivity index (χ1n) is 6.34. The highest BCUT2D eigenvalue weighted by atomic mass is 16.5. The molecule has 0 aromatic heterocycles. The fourth-order valence-corrected chi connectivity index (χ4v) is 1.75. The minimum Gasteiger partial charge on any atom is -0.379 e. The van der Waals surface area contributed by atoms with Crippen LogP contribution in [-0.2, 0) is 9.47 Å². The first kappa shape index (κ1) is 13.9. The van der Waals surface area contributed by atoms with Crippen molar-refractivity contribution in [2.45, 2.75) is 25.4 Å². The second-order valence-corrected chi connectivity index (χ2v) is 4.59. The summed E-state index contributed by atoms with van der Waals surface area (Å²) in [5.74, 6) is 0. The predicted molar refractivity (Wildman–Crippen MR) is 65.8 cm³/mol. The van der Waals surface area contributed by atoms with Gasteiger partial charge in [-0.15, -0.1) is 0 Å². The molecule has 0 spiro atoms. The third-order valence-corrected chi connectivity index (χ3v) is 2.77. The van der Waals surface area contributed by atoms with Crippen molar-refractivity contribution in [2.75, 3.05) is 53.6 Å². The van der Waals surface area contributed by atoms with Crippen LogP contribution >= 0.6 is 0 Å². The second kappa shape index (κ2) is 8.93. The average Bonchev–Trinajstić information content (AvgIpc) is 2.74. The summed E-state index contributed by atoms with van der Waals surface area (Å²) in [4.78, 5) is 2.13. The summed E-state index contributed by atoms with van der Waals surface area (Å²) in [6.45, 7) is 5.57. The van der Waals surface area contributed by atoms with Gasteiger partial charge in [0.25, 0.3) is 0 Å². The van der Waals surface area contributed by atoms with Gasteiger partial charge in [0.1, 0.15) is 0 Å². The van der Waals surface area contributed by atoms with E-state index in [4.69, 9.17) is 9.47 Å². The van der Waals surface area contributed by atoms with Gasteiger partial charge in [-0.2, -0.15) is 0 Å². The SMILES string of the molecule is CN(C)CCOCCNCCC1CCCO1. The Bertz CT molecular complexity index is 159. The maximum Gasteiger partial charge on any atom is 0.0593 e. The summed E-state index contributed by atoms with van der Waals surface area (Å²) in [6.07, 6.45) is 4.11. The average molecular weight is 230 g/mol. The Morgan fingerprint density at radius 2 is 2.19 bits per heavy atom. The predicted octanol–water partition coefficient (Wildman–Crippen LogP) is 0.723. The molecule has 0 aromatic carbocycles. The smallest absolute Gasteiger partial charge is 0.0593 e. The summed E-state index contributed by atoms with van der Waals surface area (Å²) < 4.78 is 11.0. The summed E-state index contributed by atoms with van der Waals surface area (Å²) in [6, 6.07) is 0. The van der Waals surface area contributed by atoms with Crippen LogP contribution in [-0.4, -0.2) is 64.6 Å². The van der Waals surface area contributed by atoms with Gasteiger partial charge in [-0.05, 0) is 39.9 Å². The number of hydrogen-bond acceptors (Lipinski definition) is 4. The van der Waals surface area contributed by atoms with Crippen LogP contribution in [0.15, 0.2) is 0 Å². The van der Waals surface area contributed by atoms with Crippen LogP contribution in [0, 0.1) is 0 Å². The number of rotatable bonds is 9. The molecular formula is C12H26N2O2. The largest absolute Gasteiger partial charge is 0.379 e. The van der Waals surface area contributed by atoms with Crippen LogP contribution in [0.2, 0.25) is 0 Å². The lowest BCUT2D eigenvalue weighted by atomic mass is 10.2. The van der Waals surface area contributed by atoms with Crippen LogP contribution in [0.5, 0.6) is 0 Å². The molecule has 1 unspecified atom stereocenters. The first-order valence-corrected chi connectivity index (χ1v) is 6.34. The molecule has 0 saturated carbocycles. The van der Waals surface area contributed by atoms with Crippen LogP contribution in [0.1, 0.15) is 19.3 Å². The monoisotopic (exact) mass is 230 g/mol. The highest BCUT2D eigenvalue weighted by Crippen LogP contribution is 2.14. The van der Waals surface area contributed by atoms with Gasteiger partial charge in [-0.25, -0.2) is 0 Å². The summed E-state index contributed by atoms with van der Waals surface area (Å²) in [7, 11) is 4.12. The van der Waals surface area contributed by atoms with E-state index in [9.17, 15) is 0 Å². The summed E-state index contributed by atoms with van der Waals surface area (Å²) in [5.41, 5.74) is 0. The lowest BCUT2D eigenvalue weighted by Gasteiger charge is -2.11. The van der Waals surface area contributed by atoms with Gasteiger partial charge in [0.15, 0.2) is 0 Å². The normalized spacial score (nSPS) is 20.8. The van der Waals surface area contributed by atoms with Crippen LogP contribution in [0.4, 0.5) is 0 Å². The number of nitrogens with one attached hydrogen (secondary N) is 1. The maximum atomic E-state index is 5.55. The number of likely N-dealkylation sites (N-methyl/N-ethyl adjacent to an activating group) is 1. The van der Waals surface area contributed by atoms with Crippen molar-refractivity contribution in [1.29, 1.82) is 0 Å². The van der Waals surface area contributed by atoms with Gasteiger partial charge in [0.2, 0.25) is 0 Å². The van der Waals surface area contributed by atoms with E-state index in [1.807, 2.05) is 0 Å². The highest BCUT2D eigenvalue weighted by molar-refractivity contribution is 4.65. The van der Waals surface area contributed by atoms with Crippen molar-refractivity contribution in [2.24, 2.45) is 0 Å². The van der Waals surface area contributed by atoms with Gasteiger partial charge in [-0.1, -0.05) is 0 Å². The Hall–Kier alpha value is -0.160. The van der Waals surface area contributed by atoms with Gasteiger partial charge in [-0.3, -0.25) is 0 Å². The van der Waals surface area contributed by atoms with Gasteiger partial charge in [0.05, 0.1) is 19.3 Å². The van der Waals surface area contributed by atoms with Crippen LogP contribution in [0.3, 0.4) is 0 Å². The van der Waals surface area contributed by atoms with E-state index in [0.717, 1.165) is 45.9 Å². The molecule has 1 heterocycles. The van der Waals surface area contributed by atoms with E-state index < -0.39 is 0 Å². The fourth-order valence-electron chi connectivity index (χ4n) is 1.75. The van der Waals surface area contributed by atoms with Gasteiger partial charge >= 0.3 is 0 Å². The Morgan fingerprint density at radius 1 is 1.31 bits per heavy atom. The Labute approximate surface area is 99.3 Å². The second-order valence-electron chi connectivity index (χ2n) is 4.59. The molecule has 4 nitrogen and oxygen atoms in total. The summed E-state index contributed by atoms with van der Waals surface area (Å²) >= 11 is 0. The molecule has 16 heavy (non-hydrogen) atoms. The third-order valence-electron chi connectivity index (χ3n) is 2.77. The molecule has 0 amide bonds. The van der Waals surface area contributed by atoms with E-state index in [0.29, 0.717) is 6.10 Å². The molecule has 0 aliphatic carbocycles. The molecule has 4 heteroatoms. The number of hydrogen-bond donors (Lipinski definition) is 1. The topological polar surface area (TPSA) is 33.7 Å². The molecule has 96 valence electrons. The van der Waals surface area contributed by atoms with E-state index in [-0.39, 0.29) is 0 Å². The quantitative estimate of drug-likeness (QED) is 0.592. The molecule has 1 aliphatic heterocycles. The molecule has 0 aromatic rings. The molecule has 1 fully saturated rings. The molecule has 0 radical (unpaired) electrons. The molecule has 1 saturated heterocycles. The van der Waals surface area contributed by atoms with Crippen molar-refractivity contribution in [3.63, 3.8) is 0 Å². The minimum atomic E-state index is 0.502. The van der Waals surface area contributed by atoms with Crippen molar-refractivity contribution in [3.8, 4) is 0 Å². The van der Waals surface area contributed by atoms with E-state index in [2.05, 4.69) is 24.3 Å². The van der Waals surface area contributed by atoms with Crippen molar-refractivity contribution in [3.05, 3.63) is 0 Å². The van der Waals surface area contributed by atoms with Crippen molar-refractivity contribution < 1.29 is 9.47 Å². The summed E-state index contributed by atoms with van der Waals surface area (Å²) in [5, 5.41) is 3.38. The maximum absolute atomic E-state index is 5.55. The lowest BCUT2D eigenvalue weighted by molar-refractivity contribution is 0.100. The van der Waals surface area contributed by atoms with E-state index >= 15 is 0 Å². The standard InChI is InChI=1S/C12H26N2O2/c1-14(2)8-11-15-10-7-13-6-5-12-4-3-9-16-12/h12-13H,3-11H2,1-2H3.